The van der Waals surface area contributed by atoms with Crippen LogP contribution < -0.4 is 4.74 Å². The molecule has 7 heteroatoms. The molecule has 3 aliphatic rings. The van der Waals surface area contributed by atoms with Crippen LogP contribution in [0.15, 0.2) is 12.1 Å². The topological polar surface area (TPSA) is 60.4 Å². The maximum Gasteiger partial charge on any atom is 0.180 e. The zero-order valence-corrected chi connectivity index (χ0v) is 16.8. The van der Waals surface area contributed by atoms with Crippen molar-refractivity contribution in [3.05, 3.63) is 28.5 Å². The monoisotopic (exact) mass is 402 g/mol. The standard InChI is InChI=1S/C19H24ClFO4S/c1-19(2)12-5-4-11(14(19)6-12)9-25-18-8-16(21)13(7-15(18)20)17(22)10-26(3,23)24/h7-8,11-12,14H,4-6,9-10H2,1-3H3/t11-,12+,14+/m0/s1. The molecular weight excluding hydrogens is 379 g/mol. The highest BCUT2D eigenvalue weighted by molar-refractivity contribution is 7.91. The number of fused-ring (bicyclic) bond motifs is 2. The first-order chi connectivity index (χ1) is 12.0. The fraction of sp³-hybridized carbons (Fsp3) is 0.632. The first-order valence-corrected chi connectivity index (χ1v) is 11.3. The van der Waals surface area contributed by atoms with Crippen molar-refractivity contribution in [3.63, 3.8) is 0 Å². The van der Waals surface area contributed by atoms with Crippen molar-refractivity contribution in [2.24, 2.45) is 23.2 Å². The van der Waals surface area contributed by atoms with Crippen LogP contribution in [0.1, 0.15) is 43.5 Å². The van der Waals surface area contributed by atoms with Gasteiger partial charge in [0.25, 0.3) is 0 Å². The van der Waals surface area contributed by atoms with Crippen molar-refractivity contribution in [1.29, 1.82) is 0 Å². The summed E-state index contributed by atoms with van der Waals surface area (Å²) >= 11 is 6.14. The summed E-state index contributed by atoms with van der Waals surface area (Å²) in [5.41, 5.74) is 0.0110. The predicted molar refractivity (Wildman–Crippen MR) is 99.0 cm³/mol. The lowest BCUT2D eigenvalue weighted by Crippen LogP contribution is -2.53. The summed E-state index contributed by atoms with van der Waals surface area (Å²) in [6, 6.07) is 2.24. The molecule has 0 amide bonds. The van der Waals surface area contributed by atoms with E-state index in [0.717, 1.165) is 30.7 Å². The molecule has 26 heavy (non-hydrogen) atoms. The Morgan fingerprint density at radius 2 is 2.04 bits per heavy atom. The van der Waals surface area contributed by atoms with Gasteiger partial charge in [0.1, 0.15) is 17.3 Å². The SMILES string of the molecule is CC1(C)[C@@H]2CC[C@@H](COc3cc(F)c(C(=O)CS(C)(=O)=O)cc3Cl)[C@H]1C2. The van der Waals surface area contributed by atoms with E-state index in [1.54, 1.807) is 0 Å². The highest BCUT2D eigenvalue weighted by atomic mass is 35.5. The number of halogens is 2. The minimum absolute atomic E-state index is 0.116. The Morgan fingerprint density at radius 3 is 2.62 bits per heavy atom. The fourth-order valence-corrected chi connectivity index (χ4v) is 5.38. The van der Waals surface area contributed by atoms with Crippen LogP contribution in [0.4, 0.5) is 4.39 Å². The first-order valence-electron chi connectivity index (χ1n) is 8.82. The highest BCUT2D eigenvalue weighted by Gasteiger charge is 2.54. The third-order valence-electron chi connectivity index (χ3n) is 6.17. The van der Waals surface area contributed by atoms with E-state index in [9.17, 15) is 17.6 Å². The summed E-state index contributed by atoms with van der Waals surface area (Å²) < 4.78 is 42.5. The van der Waals surface area contributed by atoms with Gasteiger partial charge in [-0.25, -0.2) is 12.8 Å². The second-order valence-corrected chi connectivity index (χ2v) is 10.8. The lowest BCUT2D eigenvalue weighted by atomic mass is 9.46. The Kier molecular flexibility index (Phi) is 5.12. The number of rotatable bonds is 6. The number of carbonyl (C=O) groups is 1. The number of carbonyl (C=O) groups excluding carboxylic acids is 1. The lowest BCUT2D eigenvalue weighted by Gasteiger charge is -2.60. The van der Waals surface area contributed by atoms with Crippen LogP contribution in [0.3, 0.4) is 0 Å². The number of benzene rings is 1. The molecule has 0 heterocycles. The molecule has 0 spiro atoms. The molecule has 2 bridgehead atoms. The van der Waals surface area contributed by atoms with Gasteiger partial charge in [0, 0.05) is 12.3 Å². The van der Waals surface area contributed by atoms with E-state index in [2.05, 4.69) is 13.8 Å². The van der Waals surface area contributed by atoms with Crippen LogP contribution in [-0.2, 0) is 9.84 Å². The van der Waals surface area contributed by atoms with Crippen molar-refractivity contribution < 1.29 is 22.3 Å². The third kappa shape index (κ3) is 3.77. The average Bonchev–Trinajstić information content (AvgIpc) is 2.53. The van der Waals surface area contributed by atoms with Gasteiger partial charge < -0.3 is 4.74 Å². The molecule has 0 N–H and O–H groups in total. The molecule has 4 nitrogen and oxygen atoms in total. The Bertz CT molecular complexity index is 832. The molecule has 0 saturated heterocycles. The minimum atomic E-state index is -3.54. The maximum atomic E-state index is 14.3. The lowest BCUT2D eigenvalue weighted by molar-refractivity contribution is -0.114. The second kappa shape index (κ2) is 6.79. The smallest absolute Gasteiger partial charge is 0.180 e. The van der Waals surface area contributed by atoms with Gasteiger partial charge in [-0.15, -0.1) is 0 Å². The maximum absolute atomic E-state index is 14.3. The van der Waals surface area contributed by atoms with Crippen molar-refractivity contribution in [2.75, 3.05) is 18.6 Å². The van der Waals surface area contributed by atoms with Crippen LogP contribution >= 0.6 is 11.6 Å². The summed E-state index contributed by atoms with van der Waals surface area (Å²) in [5.74, 6) is -0.357. The number of Topliss-reactive ketones (excluding diaryl/α,β-unsaturated/α-hetero) is 1. The molecule has 0 aliphatic heterocycles. The third-order valence-corrected chi connectivity index (χ3v) is 7.25. The van der Waals surface area contributed by atoms with Crippen molar-refractivity contribution >= 4 is 27.2 Å². The summed E-state index contributed by atoms with van der Waals surface area (Å²) in [5, 5.41) is 0.116. The Morgan fingerprint density at radius 1 is 1.35 bits per heavy atom. The molecule has 4 rings (SSSR count). The van der Waals surface area contributed by atoms with E-state index >= 15 is 0 Å². The number of ether oxygens (including phenoxy) is 1. The van der Waals surface area contributed by atoms with Gasteiger partial charge in [-0.2, -0.15) is 0 Å². The normalized spacial score (nSPS) is 26.9. The van der Waals surface area contributed by atoms with Crippen LogP contribution in [0, 0.1) is 29.0 Å². The molecule has 1 aromatic carbocycles. The first kappa shape index (κ1) is 19.6. The molecule has 3 atom stereocenters. The molecule has 0 unspecified atom stereocenters. The van der Waals surface area contributed by atoms with Gasteiger partial charge in [-0.3, -0.25) is 4.79 Å². The number of hydrogen-bond donors (Lipinski definition) is 0. The van der Waals surface area contributed by atoms with Crippen LogP contribution in [0.25, 0.3) is 0 Å². The quantitative estimate of drug-likeness (QED) is 0.670. The van der Waals surface area contributed by atoms with Gasteiger partial charge >= 0.3 is 0 Å². The summed E-state index contributed by atoms with van der Waals surface area (Å²) in [6.45, 7) is 5.07. The number of ketones is 1. The van der Waals surface area contributed by atoms with Gasteiger partial charge in [0.15, 0.2) is 15.6 Å². The van der Waals surface area contributed by atoms with E-state index in [0.29, 0.717) is 23.9 Å². The zero-order valence-electron chi connectivity index (χ0n) is 15.2. The summed E-state index contributed by atoms with van der Waals surface area (Å²) in [6.07, 6.45) is 4.45. The second-order valence-electron chi connectivity index (χ2n) is 8.26. The molecule has 0 aromatic heterocycles. The van der Waals surface area contributed by atoms with Crippen LogP contribution in [0.2, 0.25) is 5.02 Å². The van der Waals surface area contributed by atoms with Crippen LogP contribution in [0.5, 0.6) is 5.75 Å². The molecule has 3 aliphatic carbocycles. The van der Waals surface area contributed by atoms with E-state index < -0.39 is 27.2 Å². The van der Waals surface area contributed by atoms with E-state index in [1.807, 2.05) is 0 Å². The zero-order chi connectivity index (χ0) is 19.3. The molecule has 0 radical (unpaired) electrons. The fourth-order valence-electron chi connectivity index (χ4n) is 4.53. The molecule has 3 fully saturated rings. The largest absolute Gasteiger partial charge is 0.492 e. The van der Waals surface area contributed by atoms with Crippen LogP contribution in [-0.4, -0.2) is 32.8 Å². The Hall–Kier alpha value is -1.14. The number of hydrogen-bond acceptors (Lipinski definition) is 4. The molecule has 1 aromatic rings. The summed E-state index contributed by atoms with van der Waals surface area (Å²) in [4.78, 5) is 12.0. The molecule has 144 valence electrons. The van der Waals surface area contributed by atoms with Crippen molar-refractivity contribution in [3.8, 4) is 5.75 Å². The van der Waals surface area contributed by atoms with Crippen molar-refractivity contribution in [1.82, 2.24) is 0 Å². The van der Waals surface area contributed by atoms with E-state index in [-0.39, 0.29) is 16.3 Å². The molecular formula is C19H24ClFO4S. The van der Waals surface area contributed by atoms with Crippen molar-refractivity contribution in [2.45, 2.75) is 33.1 Å². The summed E-state index contributed by atoms with van der Waals surface area (Å²) in [7, 11) is -3.54. The highest BCUT2D eigenvalue weighted by Crippen LogP contribution is 2.61. The van der Waals surface area contributed by atoms with E-state index in [1.165, 1.54) is 12.8 Å². The number of sulfone groups is 1. The molecule has 3 saturated carbocycles. The average molecular weight is 403 g/mol. The minimum Gasteiger partial charge on any atom is -0.492 e. The van der Waals surface area contributed by atoms with Gasteiger partial charge in [0.05, 0.1) is 17.2 Å². The van der Waals surface area contributed by atoms with E-state index in [4.69, 9.17) is 16.3 Å². The Balaban J connectivity index is 1.70. The van der Waals surface area contributed by atoms with Gasteiger partial charge in [-0.05, 0) is 48.5 Å². The van der Waals surface area contributed by atoms with Gasteiger partial charge in [-0.1, -0.05) is 25.4 Å². The Labute approximate surface area is 159 Å². The predicted octanol–water partition coefficient (Wildman–Crippen LogP) is 4.16. The van der Waals surface area contributed by atoms with Gasteiger partial charge in [0.2, 0.25) is 0 Å².